The topological polar surface area (TPSA) is 49.0 Å². The quantitative estimate of drug-likeness (QED) is 0.889. The highest BCUT2D eigenvalue weighted by Gasteiger charge is 2.29. The summed E-state index contributed by atoms with van der Waals surface area (Å²) in [5.74, 6) is 2.32. The van der Waals surface area contributed by atoms with Crippen LogP contribution in [0.5, 0.6) is 0 Å². The van der Waals surface area contributed by atoms with E-state index < -0.39 is 0 Å². The van der Waals surface area contributed by atoms with E-state index in [1.54, 1.807) is 0 Å². The second kappa shape index (κ2) is 5.76. The van der Waals surface area contributed by atoms with Crippen LogP contribution in [0.3, 0.4) is 0 Å². The number of hydrogen-bond acceptors (Lipinski definition) is 2. The van der Waals surface area contributed by atoms with Gasteiger partial charge in [0.2, 0.25) is 5.91 Å². The lowest BCUT2D eigenvalue weighted by Crippen LogP contribution is -2.42. The first-order chi connectivity index (χ1) is 9.34. The van der Waals surface area contributed by atoms with E-state index in [9.17, 15) is 4.79 Å². The SMILES string of the molecule is O=C(C1CCCCC1)N1CCC(c2ncc[nH]2)CC1. The Hall–Kier alpha value is -1.32. The fourth-order valence-electron chi connectivity index (χ4n) is 3.48. The summed E-state index contributed by atoms with van der Waals surface area (Å²) in [6.07, 6.45) is 11.8. The summed E-state index contributed by atoms with van der Waals surface area (Å²) in [5.41, 5.74) is 0. The molecule has 0 atom stereocenters. The van der Waals surface area contributed by atoms with E-state index in [-0.39, 0.29) is 0 Å². The fourth-order valence-corrected chi connectivity index (χ4v) is 3.48. The van der Waals surface area contributed by atoms with E-state index in [0.29, 0.717) is 17.7 Å². The second-order valence-corrected chi connectivity index (χ2v) is 5.91. The van der Waals surface area contributed by atoms with Crippen LogP contribution in [-0.2, 0) is 4.79 Å². The van der Waals surface area contributed by atoms with Crippen molar-refractivity contribution in [3.05, 3.63) is 18.2 Å². The maximum absolute atomic E-state index is 12.4. The van der Waals surface area contributed by atoms with Crippen molar-refractivity contribution in [2.75, 3.05) is 13.1 Å². The van der Waals surface area contributed by atoms with Crippen LogP contribution >= 0.6 is 0 Å². The minimum Gasteiger partial charge on any atom is -0.348 e. The molecule has 2 heterocycles. The molecule has 104 valence electrons. The third kappa shape index (κ3) is 2.82. The molecule has 1 aromatic rings. The Morgan fingerprint density at radius 1 is 1.16 bits per heavy atom. The average Bonchev–Trinajstić information content (AvgIpc) is 3.02. The first-order valence-electron chi connectivity index (χ1n) is 7.62. The van der Waals surface area contributed by atoms with E-state index in [1.807, 2.05) is 12.4 Å². The smallest absolute Gasteiger partial charge is 0.225 e. The third-order valence-electron chi connectivity index (χ3n) is 4.67. The lowest BCUT2D eigenvalue weighted by molar-refractivity contribution is -0.137. The van der Waals surface area contributed by atoms with Gasteiger partial charge in [-0.25, -0.2) is 4.98 Å². The summed E-state index contributed by atoms with van der Waals surface area (Å²) in [6, 6.07) is 0. The zero-order chi connectivity index (χ0) is 13.1. The molecule has 1 aliphatic carbocycles. The molecular formula is C15H23N3O. The van der Waals surface area contributed by atoms with Gasteiger partial charge in [-0.05, 0) is 25.7 Å². The highest BCUT2D eigenvalue weighted by molar-refractivity contribution is 5.79. The van der Waals surface area contributed by atoms with E-state index in [4.69, 9.17) is 0 Å². The summed E-state index contributed by atoms with van der Waals surface area (Å²) < 4.78 is 0. The molecule has 19 heavy (non-hydrogen) atoms. The van der Waals surface area contributed by atoms with Crippen LogP contribution in [0.1, 0.15) is 56.7 Å². The van der Waals surface area contributed by atoms with E-state index in [0.717, 1.165) is 44.6 Å². The molecule has 4 nitrogen and oxygen atoms in total. The number of carbonyl (C=O) groups excluding carboxylic acids is 1. The molecule has 3 rings (SSSR count). The molecule has 0 bridgehead atoms. The molecular weight excluding hydrogens is 238 g/mol. The number of nitrogens with one attached hydrogen (secondary N) is 1. The highest BCUT2D eigenvalue weighted by atomic mass is 16.2. The number of nitrogens with zero attached hydrogens (tertiary/aromatic N) is 2. The van der Waals surface area contributed by atoms with Crippen LogP contribution in [0, 0.1) is 5.92 Å². The van der Waals surface area contributed by atoms with E-state index >= 15 is 0 Å². The van der Waals surface area contributed by atoms with Gasteiger partial charge in [-0.2, -0.15) is 0 Å². The van der Waals surface area contributed by atoms with Crippen LogP contribution in [-0.4, -0.2) is 33.9 Å². The standard InChI is InChI=1S/C15H23N3O/c19-15(13-4-2-1-3-5-13)18-10-6-12(7-11-18)14-16-8-9-17-14/h8-9,12-13H,1-7,10-11H2,(H,16,17). The lowest BCUT2D eigenvalue weighted by atomic mass is 9.87. The van der Waals surface area contributed by atoms with Gasteiger partial charge in [0.05, 0.1) is 0 Å². The molecule has 0 unspecified atom stereocenters. The van der Waals surface area contributed by atoms with Crippen molar-refractivity contribution in [2.45, 2.75) is 50.9 Å². The van der Waals surface area contributed by atoms with Gasteiger partial charge in [0, 0.05) is 37.3 Å². The molecule has 1 aromatic heterocycles. The van der Waals surface area contributed by atoms with Gasteiger partial charge in [-0.3, -0.25) is 4.79 Å². The highest BCUT2D eigenvalue weighted by Crippen LogP contribution is 2.29. The average molecular weight is 261 g/mol. The zero-order valence-electron chi connectivity index (χ0n) is 11.5. The number of H-pyrrole nitrogens is 1. The Balaban J connectivity index is 1.53. The lowest BCUT2D eigenvalue weighted by Gasteiger charge is -2.34. The summed E-state index contributed by atoms with van der Waals surface area (Å²) in [7, 11) is 0. The van der Waals surface area contributed by atoms with Gasteiger partial charge < -0.3 is 9.88 Å². The fraction of sp³-hybridized carbons (Fsp3) is 0.733. The van der Waals surface area contributed by atoms with Crippen molar-refractivity contribution in [3.8, 4) is 0 Å². The number of aromatic amines is 1. The Kier molecular flexibility index (Phi) is 3.85. The number of likely N-dealkylation sites (tertiary alicyclic amines) is 1. The minimum atomic E-state index is 0.314. The summed E-state index contributed by atoms with van der Waals surface area (Å²) in [5, 5.41) is 0. The van der Waals surface area contributed by atoms with Crippen LogP contribution in [0.25, 0.3) is 0 Å². The van der Waals surface area contributed by atoms with E-state index in [2.05, 4.69) is 14.9 Å². The van der Waals surface area contributed by atoms with Gasteiger partial charge in [0.15, 0.2) is 0 Å². The Bertz CT molecular complexity index is 401. The number of piperidine rings is 1. The maximum Gasteiger partial charge on any atom is 0.225 e. The van der Waals surface area contributed by atoms with Crippen molar-refractivity contribution in [2.24, 2.45) is 5.92 Å². The number of amides is 1. The molecule has 1 saturated heterocycles. The zero-order valence-corrected chi connectivity index (χ0v) is 11.5. The second-order valence-electron chi connectivity index (χ2n) is 5.91. The van der Waals surface area contributed by atoms with Gasteiger partial charge in [0.1, 0.15) is 5.82 Å². The molecule has 1 saturated carbocycles. The Morgan fingerprint density at radius 2 is 1.89 bits per heavy atom. The molecule has 4 heteroatoms. The van der Waals surface area contributed by atoms with Gasteiger partial charge >= 0.3 is 0 Å². The Labute approximate surface area is 114 Å². The minimum absolute atomic E-state index is 0.314. The van der Waals surface area contributed by atoms with Crippen LogP contribution in [0.15, 0.2) is 12.4 Å². The van der Waals surface area contributed by atoms with Crippen molar-refractivity contribution in [1.29, 1.82) is 0 Å². The first kappa shape index (κ1) is 12.7. The monoisotopic (exact) mass is 261 g/mol. The van der Waals surface area contributed by atoms with Crippen LogP contribution in [0.4, 0.5) is 0 Å². The summed E-state index contributed by atoms with van der Waals surface area (Å²) in [4.78, 5) is 22.1. The number of aromatic nitrogens is 2. The predicted octanol–water partition coefficient (Wildman–Crippen LogP) is 2.70. The van der Waals surface area contributed by atoms with Crippen LogP contribution in [0.2, 0.25) is 0 Å². The molecule has 0 radical (unpaired) electrons. The summed E-state index contributed by atoms with van der Waals surface area (Å²) in [6.45, 7) is 1.81. The van der Waals surface area contributed by atoms with Crippen molar-refractivity contribution in [1.82, 2.24) is 14.9 Å². The number of rotatable bonds is 2. The first-order valence-corrected chi connectivity index (χ1v) is 7.62. The van der Waals surface area contributed by atoms with Gasteiger partial charge in [-0.1, -0.05) is 19.3 Å². The number of imidazole rings is 1. The van der Waals surface area contributed by atoms with Crippen LogP contribution < -0.4 is 0 Å². The molecule has 0 spiro atoms. The van der Waals surface area contributed by atoms with Crippen molar-refractivity contribution >= 4 is 5.91 Å². The molecule has 2 aliphatic rings. The normalized spacial score (nSPS) is 22.6. The summed E-state index contributed by atoms with van der Waals surface area (Å²) >= 11 is 0. The van der Waals surface area contributed by atoms with Crippen molar-refractivity contribution in [3.63, 3.8) is 0 Å². The third-order valence-corrected chi connectivity index (χ3v) is 4.67. The van der Waals surface area contributed by atoms with Gasteiger partial charge in [-0.15, -0.1) is 0 Å². The number of hydrogen-bond donors (Lipinski definition) is 1. The van der Waals surface area contributed by atoms with Crippen molar-refractivity contribution < 1.29 is 4.79 Å². The molecule has 1 aliphatic heterocycles. The Morgan fingerprint density at radius 3 is 2.53 bits per heavy atom. The predicted molar refractivity (Wildman–Crippen MR) is 73.7 cm³/mol. The molecule has 1 N–H and O–H groups in total. The largest absolute Gasteiger partial charge is 0.348 e. The van der Waals surface area contributed by atoms with Gasteiger partial charge in [0.25, 0.3) is 0 Å². The number of carbonyl (C=O) groups is 1. The molecule has 1 amide bonds. The van der Waals surface area contributed by atoms with E-state index in [1.165, 1.54) is 19.3 Å². The maximum atomic E-state index is 12.4. The molecule has 0 aromatic carbocycles. The molecule has 2 fully saturated rings.